The number of nitrogens with zero attached hydrogens (tertiary/aromatic N) is 2. The number of rotatable bonds is 4. The van der Waals surface area contributed by atoms with Crippen molar-refractivity contribution in [3.63, 3.8) is 0 Å². The number of hydrogen-bond acceptors (Lipinski definition) is 2. The van der Waals surface area contributed by atoms with E-state index in [1.54, 1.807) is 16.8 Å². The Balaban J connectivity index is 1.87. The van der Waals surface area contributed by atoms with E-state index in [1.807, 2.05) is 24.3 Å². The van der Waals surface area contributed by atoms with Gasteiger partial charge in [0.05, 0.1) is 6.54 Å². The van der Waals surface area contributed by atoms with E-state index in [0.717, 1.165) is 31.6 Å². The second kappa shape index (κ2) is 7.29. The fourth-order valence-electron chi connectivity index (χ4n) is 2.53. The van der Waals surface area contributed by atoms with Gasteiger partial charge >= 0.3 is 6.03 Å². The normalized spacial score (nSPS) is 14.3. The van der Waals surface area contributed by atoms with E-state index >= 15 is 0 Å². The maximum Gasteiger partial charge on any atom is 0.317 e. The first-order valence-corrected chi connectivity index (χ1v) is 7.88. The molecular formula is C17H25N3O2. The van der Waals surface area contributed by atoms with Crippen LogP contribution >= 0.6 is 0 Å². The molecule has 22 heavy (non-hydrogen) atoms. The number of hydrogen-bond donors (Lipinski definition) is 1. The van der Waals surface area contributed by atoms with Crippen LogP contribution in [-0.2, 0) is 4.79 Å². The van der Waals surface area contributed by atoms with Gasteiger partial charge in [-0.3, -0.25) is 4.79 Å². The predicted octanol–water partition coefficient (Wildman–Crippen LogP) is 2.58. The molecule has 1 saturated heterocycles. The Bertz CT molecular complexity index is 519. The van der Waals surface area contributed by atoms with Crippen LogP contribution < -0.4 is 10.2 Å². The average molecular weight is 303 g/mol. The van der Waals surface area contributed by atoms with E-state index < -0.39 is 0 Å². The van der Waals surface area contributed by atoms with E-state index in [2.05, 4.69) is 19.2 Å². The highest BCUT2D eigenvalue weighted by Crippen LogP contribution is 2.19. The highest BCUT2D eigenvalue weighted by Gasteiger charge is 2.19. The van der Waals surface area contributed by atoms with Crippen LogP contribution in [0.5, 0.6) is 0 Å². The molecular weight excluding hydrogens is 278 g/mol. The third-order valence-corrected chi connectivity index (χ3v) is 4.11. The van der Waals surface area contributed by atoms with Crippen LogP contribution in [0.25, 0.3) is 0 Å². The molecule has 0 radical (unpaired) electrons. The standard InChI is InChI=1S/C17H25N3O2/c1-13(2)14-6-8-15(9-7-14)19(3)16(21)12-18-17(22)20-10-4-5-11-20/h6-9,13H,4-5,10-12H2,1-3H3,(H,18,22). The van der Waals surface area contributed by atoms with Gasteiger partial charge in [0.2, 0.25) is 5.91 Å². The van der Waals surface area contributed by atoms with Crippen LogP contribution in [0.4, 0.5) is 10.5 Å². The lowest BCUT2D eigenvalue weighted by Crippen LogP contribution is -2.43. The van der Waals surface area contributed by atoms with Gasteiger partial charge in [-0.1, -0.05) is 26.0 Å². The lowest BCUT2D eigenvalue weighted by molar-refractivity contribution is -0.117. The molecule has 0 aliphatic carbocycles. The molecule has 1 aromatic rings. The van der Waals surface area contributed by atoms with Gasteiger partial charge in [-0.25, -0.2) is 4.79 Å². The SMILES string of the molecule is CC(C)c1ccc(N(C)C(=O)CNC(=O)N2CCCC2)cc1. The molecule has 0 spiro atoms. The zero-order valence-corrected chi connectivity index (χ0v) is 13.6. The number of amides is 3. The molecule has 0 atom stereocenters. The zero-order chi connectivity index (χ0) is 16.1. The Morgan fingerprint density at radius 3 is 2.32 bits per heavy atom. The summed E-state index contributed by atoms with van der Waals surface area (Å²) < 4.78 is 0. The molecule has 1 aliphatic rings. The van der Waals surface area contributed by atoms with Gasteiger partial charge in [-0.05, 0) is 36.5 Å². The van der Waals surface area contributed by atoms with Crippen LogP contribution in [0.3, 0.4) is 0 Å². The number of likely N-dealkylation sites (tertiary alicyclic amines) is 1. The molecule has 1 aliphatic heterocycles. The molecule has 120 valence electrons. The molecule has 5 heteroatoms. The molecule has 0 aromatic heterocycles. The Hall–Kier alpha value is -2.04. The maximum absolute atomic E-state index is 12.2. The third-order valence-electron chi connectivity index (χ3n) is 4.11. The highest BCUT2D eigenvalue weighted by molar-refractivity contribution is 5.96. The number of nitrogens with one attached hydrogen (secondary N) is 1. The molecule has 0 saturated carbocycles. The summed E-state index contributed by atoms with van der Waals surface area (Å²) in [4.78, 5) is 27.4. The maximum atomic E-state index is 12.2. The van der Waals surface area contributed by atoms with Crippen LogP contribution in [-0.4, -0.2) is 43.5 Å². The van der Waals surface area contributed by atoms with E-state index in [9.17, 15) is 9.59 Å². The zero-order valence-electron chi connectivity index (χ0n) is 13.6. The Labute approximate surface area is 132 Å². The minimum absolute atomic E-state index is 0.0256. The van der Waals surface area contributed by atoms with Gasteiger partial charge in [-0.15, -0.1) is 0 Å². The average Bonchev–Trinajstić information content (AvgIpc) is 3.06. The Morgan fingerprint density at radius 1 is 1.18 bits per heavy atom. The van der Waals surface area contributed by atoms with Crippen molar-refractivity contribution in [3.05, 3.63) is 29.8 Å². The fourth-order valence-corrected chi connectivity index (χ4v) is 2.53. The van der Waals surface area contributed by atoms with Crippen LogP contribution in [0, 0.1) is 0 Å². The van der Waals surface area contributed by atoms with Crippen molar-refractivity contribution in [2.45, 2.75) is 32.6 Å². The summed E-state index contributed by atoms with van der Waals surface area (Å²) in [6, 6.07) is 7.80. The topological polar surface area (TPSA) is 52.7 Å². The number of carbonyl (C=O) groups excluding carboxylic acids is 2. The van der Waals surface area contributed by atoms with Gasteiger partial charge in [-0.2, -0.15) is 0 Å². The van der Waals surface area contributed by atoms with Crippen LogP contribution in [0.2, 0.25) is 0 Å². The van der Waals surface area contributed by atoms with Gasteiger partial charge in [0.1, 0.15) is 0 Å². The summed E-state index contributed by atoms with van der Waals surface area (Å²) in [6.07, 6.45) is 2.09. The quantitative estimate of drug-likeness (QED) is 0.929. The lowest BCUT2D eigenvalue weighted by Gasteiger charge is -2.20. The van der Waals surface area contributed by atoms with Gasteiger partial charge < -0.3 is 15.1 Å². The molecule has 5 nitrogen and oxygen atoms in total. The summed E-state index contributed by atoms with van der Waals surface area (Å²) in [5.41, 5.74) is 2.08. The summed E-state index contributed by atoms with van der Waals surface area (Å²) in [6.45, 7) is 5.87. The molecule has 1 fully saturated rings. The highest BCUT2D eigenvalue weighted by atomic mass is 16.2. The number of benzene rings is 1. The first kappa shape index (κ1) is 16.3. The number of anilines is 1. The van der Waals surface area contributed by atoms with Gasteiger partial charge in [0, 0.05) is 25.8 Å². The minimum atomic E-state index is -0.144. The molecule has 0 unspecified atom stereocenters. The molecule has 2 rings (SSSR count). The molecule has 1 aromatic carbocycles. The second-order valence-corrected chi connectivity index (χ2v) is 6.05. The van der Waals surface area contributed by atoms with Gasteiger partial charge in [0.15, 0.2) is 0 Å². The summed E-state index contributed by atoms with van der Waals surface area (Å²) in [7, 11) is 1.73. The van der Waals surface area contributed by atoms with Crippen molar-refractivity contribution in [3.8, 4) is 0 Å². The number of likely N-dealkylation sites (N-methyl/N-ethyl adjacent to an activating group) is 1. The Kier molecular flexibility index (Phi) is 5.41. The minimum Gasteiger partial charge on any atom is -0.329 e. The van der Waals surface area contributed by atoms with E-state index in [1.165, 1.54) is 5.56 Å². The first-order valence-electron chi connectivity index (χ1n) is 7.88. The van der Waals surface area contributed by atoms with E-state index in [4.69, 9.17) is 0 Å². The summed E-state index contributed by atoms with van der Waals surface area (Å²) in [5, 5.41) is 2.70. The fraction of sp³-hybridized carbons (Fsp3) is 0.529. The summed E-state index contributed by atoms with van der Waals surface area (Å²) in [5.74, 6) is 0.347. The second-order valence-electron chi connectivity index (χ2n) is 6.05. The van der Waals surface area contributed by atoms with Crippen molar-refractivity contribution in [1.82, 2.24) is 10.2 Å². The molecule has 1 N–H and O–H groups in total. The number of urea groups is 1. The largest absolute Gasteiger partial charge is 0.329 e. The predicted molar refractivity (Wildman–Crippen MR) is 88.1 cm³/mol. The van der Waals surface area contributed by atoms with Crippen molar-refractivity contribution < 1.29 is 9.59 Å². The van der Waals surface area contributed by atoms with E-state index in [-0.39, 0.29) is 18.5 Å². The smallest absolute Gasteiger partial charge is 0.317 e. The monoisotopic (exact) mass is 303 g/mol. The van der Waals surface area contributed by atoms with Crippen LogP contribution in [0.15, 0.2) is 24.3 Å². The first-order chi connectivity index (χ1) is 10.5. The molecule has 1 heterocycles. The molecule has 0 bridgehead atoms. The lowest BCUT2D eigenvalue weighted by atomic mass is 10.0. The van der Waals surface area contributed by atoms with Gasteiger partial charge in [0.25, 0.3) is 0 Å². The third kappa shape index (κ3) is 4.00. The van der Waals surface area contributed by atoms with Crippen molar-refractivity contribution in [2.24, 2.45) is 0 Å². The van der Waals surface area contributed by atoms with Crippen molar-refractivity contribution in [2.75, 3.05) is 31.6 Å². The van der Waals surface area contributed by atoms with Crippen molar-refractivity contribution in [1.29, 1.82) is 0 Å². The number of carbonyl (C=O) groups is 2. The molecule has 3 amide bonds. The van der Waals surface area contributed by atoms with E-state index in [0.29, 0.717) is 5.92 Å². The van der Waals surface area contributed by atoms with Crippen LogP contribution in [0.1, 0.15) is 38.2 Å². The van der Waals surface area contributed by atoms with Crippen molar-refractivity contribution >= 4 is 17.6 Å². The Morgan fingerprint density at radius 2 is 1.77 bits per heavy atom. The summed E-state index contributed by atoms with van der Waals surface area (Å²) >= 11 is 0.